The number of rotatable bonds is 1. The molecule has 100 valence electrons. The number of para-hydroxylation sites is 2. The van der Waals surface area contributed by atoms with Gasteiger partial charge in [0.1, 0.15) is 0 Å². The van der Waals surface area contributed by atoms with Crippen molar-refractivity contribution in [3.63, 3.8) is 0 Å². The minimum Gasteiger partial charge on any atom is -0.353 e. The number of halogens is 1. The molecule has 1 saturated heterocycles. The summed E-state index contributed by atoms with van der Waals surface area (Å²) in [5.41, 5.74) is 1.75. The fraction of sp³-hybridized carbons (Fsp3) is 0.429. The van der Waals surface area contributed by atoms with Gasteiger partial charge in [0.05, 0.1) is 11.0 Å². The van der Waals surface area contributed by atoms with E-state index in [0.717, 1.165) is 49.5 Å². The molecule has 0 N–H and O–H groups in total. The van der Waals surface area contributed by atoms with Gasteiger partial charge < -0.3 is 9.80 Å². The third kappa shape index (κ3) is 2.65. The molecule has 2 aromatic rings. The first-order valence-electron chi connectivity index (χ1n) is 6.60. The molecule has 19 heavy (non-hydrogen) atoms. The van der Waals surface area contributed by atoms with Crippen molar-refractivity contribution < 1.29 is 0 Å². The van der Waals surface area contributed by atoms with E-state index >= 15 is 0 Å². The first-order chi connectivity index (χ1) is 9.24. The largest absolute Gasteiger partial charge is 0.353 e. The number of fused-ring (bicyclic) bond motifs is 1. The molecule has 0 radical (unpaired) electrons. The smallest absolute Gasteiger partial charge is 0.172 e. The van der Waals surface area contributed by atoms with Gasteiger partial charge >= 0.3 is 0 Å². The van der Waals surface area contributed by atoms with E-state index in [1.165, 1.54) is 0 Å². The molecule has 0 saturated carbocycles. The van der Waals surface area contributed by atoms with E-state index in [4.69, 9.17) is 11.6 Å². The molecule has 1 aliphatic heterocycles. The Hall–Kier alpha value is -1.39. The van der Waals surface area contributed by atoms with Gasteiger partial charge in [-0.15, -0.1) is 0 Å². The van der Waals surface area contributed by atoms with E-state index in [0.29, 0.717) is 5.15 Å². The molecule has 0 bridgehead atoms. The highest BCUT2D eigenvalue weighted by atomic mass is 35.5. The van der Waals surface area contributed by atoms with Gasteiger partial charge in [-0.05, 0) is 32.1 Å². The van der Waals surface area contributed by atoms with Crippen LogP contribution in [-0.4, -0.2) is 48.1 Å². The number of hydrogen-bond donors (Lipinski definition) is 0. The SMILES string of the molecule is CN1CCCN(c2nc3ccccc3nc2Cl)CC1. The van der Waals surface area contributed by atoms with E-state index in [2.05, 4.69) is 26.8 Å². The Kier molecular flexibility index (Phi) is 3.53. The van der Waals surface area contributed by atoms with Crippen molar-refractivity contribution >= 4 is 28.5 Å². The Labute approximate surface area is 118 Å². The molecule has 5 heteroatoms. The molecule has 1 aromatic carbocycles. The van der Waals surface area contributed by atoms with E-state index in [1.54, 1.807) is 0 Å². The summed E-state index contributed by atoms with van der Waals surface area (Å²) in [6.45, 7) is 4.08. The number of benzene rings is 1. The van der Waals surface area contributed by atoms with Crippen LogP contribution < -0.4 is 4.90 Å². The van der Waals surface area contributed by atoms with Crippen LogP contribution in [0.15, 0.2) is 24.3 Å². The molecule has 0 unspecified atom stereocenters. The standard InChI is InChI=1S/C14H17ClN4/c1-18-7-4-8-19(10-9-18)14-13(15)16-11-5-2-3-6-12(11)17-14/h2-3,5-6H,4,7-10H2,1H3. The second kappa shape index (κ2) is 5.31. The number of likely N-dealkylation sites (N-methyl/N-ethyl adjacent to an activating group) is 1. The van der Waals surface area contributed by atoms with Gasteiger partial charge in [0.2, 0.25) is 0 Å². The number of hydrogen-bond acceptors (Lipinski definition) is 4. The van der Waals surface area contributed by atoms with Crippen LogP contribution in [0.3, 0.4) is 0 Å². The molecule has 0 aliphatic carbocycles. The summed E-state index contributed by atoms with van der Waals surface area (Å²) in [5.74, 6) is 0.815. The van der Waals surface area contributed by atoms with Crippen LogP contribution in [0, 0.1) is 0 Å². The van der Waals surface area contributed by atoms with Crippen LogP contribution in [0.1, 0.15) is 6.42 Å². The van der Waals surface area contributed by atoms with Crippen LogP contribution in [0.2, 0.25) is 5.15 Å². The molecule has 0 amide bonds. The van der Waals surface area contributed by atoms with Crippen LogP contribution in [0.5, 0.6) is 0 Å². The summed E-state index contributed by atoms with van der Waals surface area (Å²) in [4.78, 5) is 13.7. The molecule has 3 rings (SSSR count). The quantitative estimate of drug-likeness (QED) is 0.801. The van der Waals surface area contributed by atoms with Crippen molar-refractivity contribution in [2.45, 2.75) is 6.42 Å². The molecular weight excluding hydrogens is 260 g/mol. The van der Waals surface area contributed by atoms with Gasteiger partial charge in [-0.1, -0.05) is 23.7 Å². The van der Waals surface area contributed by atoms with Gasteiger partial charge in [0.15, 0.2) is 11.0 Å². The molecule has 0 spiro atoms. The van der Waals surface area contributed by atoms with Crippen molar-refractivity contribution in [2.24, 2.45) is 0 Å². The lowest BCUT2D eigenvalue weighted by Gasteiger charge is -2.22. The van der Waals surface area contributed by atoms with Crippen molar-refractivity contribution in [1.82, 2.24) is 14.9 Å². The average Bonchev–Trinajstić information content (AvgIpc) is 2.63. The third-order valence-electron chi connectivity index (χ3n) is 3.53. The monoisotopic (exact) mass is 276 g/mol. The Balaban J connectivity index is 1.97. The van der Waals surface area contributed by atoms with Crippen molar-refractivity contribution in [1.29, 1.82) is 0 Å². The Morgan fingerprint density at radius 1 is 1.00 bits per heavy atom. The minimum atomic E-state index is 0.503. The maximum absolute atomic E-state index is 6.30. The van der Waals surface area contributed by atoms with E-state index in [1.807, 2.05) is 24.3 Å². The fourth-order valence-electron chi connectivity index (χ4n) is 2.43. The van der Waals surface area contributed by atoms with Crippen molar-refractivity contribution in [2.75, 3.05) is 38.1 Å². The highest BCUT2D eigenvalue weighted by Crippen LogP contribution is 2.25. The highest BCUT2D eigenvalue weighted by molar-refractivity contribution is 6.32. The lowest BCUT2D eigenvalue weighted by Crippen LogP contribution is -2.29. The van der Waals surface area contributed by atoms with Crippen molar-refractivity contribution in [3.05, 3.63) is 29.4 Å². The third-order valence-corrected chi connectivity index (χ3v) is 3.78. The maximum atomic E-state index is 6.30. The van der Waals surface area contributed by atoms with E-state index in [-0.39, 0.29) is 0 Å². The summed E-state index contributed by atoms with van der Waals surface area (Å²) in [6, 6.07) is 7.85. The second-order valence-electron chi connectivity index (χ2n) is 4.97. The lowest BCUT2D eigenvalue weighted by atomic mass is 10.3. The first kappa shape index (κ1) is 12.6. The second-order valence-corrected chi connectivity index (χ2v) is 5.33. The van der Waals surface area contributed by atoms with Gasteiger partial charge in [-0.3, -0.25) is 0 Å². The van der Waals surface area contributed by atoms with Crippen LogP contribution in [-0.2, 0) is 0 Å². The summed E-state index contributed by atoms with van der Waals surface area (Å²) in [5, 5.41) is 0.503. The molecular formula is C14H17ClN4. The van der Waals surface area contributed by atoms with E-state index in [9.17, 15) is 0 Å². The summed E-state index contributed by atoms with van der Waals surface area (Å²) in [7, 11) is 2.15. The minimum absolute atomic E-state index is 0.503. The Morgan fingerprint density at radius 2 is 1.74 bits per heavy atom. The molecule has 4 nitrogen and oxygen atoms in total. The zero-order valence-corrected chi connectivity index (χ0v) is 11.8. The predicted molar refractivity (Wildman–Crippen MR) is 78.9 cm³/mol. The summed E-state index contributed by atoms with van der Waals surface area (Å²) < 4.78 is 0. The van der Waals surface area contributed by atoms with E-state index < -0.39 is 0 Å². The van der Waals surface area contributed by atoms with Crippen LogP contribution >= 0.6 is 11.6 Å². The molecule has 2 heterocycles. The summed E-state index contributed by atoms with van der Waals surface area (Å²) in [6.07, 6.45) is 1.13. The topological polar surface area (TPSA) is 32.3 Å². The number of aromatic nitrogens is 2. The lowest BCUT2D eigenvalue weighted by molar-refractivity contribution is 0.360. The van der Waals surface area contributed by atoms with Crippen LogP contribution in [0.25, 0.3) is 11.0 Å². The Morgan fingerprint density at radius 3 is 2.53 bits per heavy atom. The fourth-order valence-corrected chi connectivity index (χ4v) is 2.68. The Bertz CT molecular complexity index is 587. The molecule has 1 fully saturated rings. The molecule has 1 aromatic heterocycles. The van der Waals surface area contributed by atoms with Crippen LogP contribution in [0.4, 0.5) is 5.82 Å². The molecule has 0 atom stereocenters. The highest BCUT2D eigenvalue weighted by Gasteiger charge is 2.17. The zero-order valence-electron chi connectivity index (χ0n) is 11.0. The van der Waals surface area contributed by atoms with Gasteiger partial charge in [0.25, 0.3) is 0 Å². The van der Waals surface area contributed by atoms with Crippen molar-refractivity contribution in [3.8, 4) is 0 Å². The first-order valence-corrected chi connectivity index (χ1v) is 6.97. The van der Waals surface area contributed by atoms with Gasteiger partial charge in [-0.2, -0.15) is 0 Å². The normalized spacial score (nSPS) is 17.7. The number of anilines is 1. The average molecular weight is 277 g/mol. The zero-order chi connectivity index (χ0) is 13.2. The predicted octanol–water partition coefficient (Wildman–Crippen LogP) is 2.43. The molecule has 1 aliphatic rings. The summed E-state index contributed by atoms with van der Waals surface area (Å²) >= 11 is 6.30. The number of nitrogens with zero attached hydrogens (tertiary/aromatic N) is 4. The van der Waals surface area contributed by atoms with Gasteiger partial charge in [-0.25, -0.2) is 9.97 Å². The maximum Gasteiger partial charge on any atom is 0.172 e. The van der Waals surface area contributed by atoms with Gasteiger partial charge in [0, 0.05) is 19.6 Å².